The van der Waals surface area contributed by atoms with Crippen LogP contribution in [0.1, 0.15) is 22.2 Å². The van der Waals surface area contributed by atoms with Gasteiger partial charge >= 0.3 is 0 Å². The highest BCUT2D eigenvalue weighted by Crippen LogP contribution is 2.27. The lowest BCUT2D eigenvalue weighted by Crippen LogP contribution is -2.29. The Balaban J connectivity index is 1.89. The van der Waals surface area contributed by atoms with Gasteiger partial charge < -0.3 is 0 Å². The minimum atomic E-state index is 0.0572. The third-order valence-electron chi connectivity index (χ3n) is 3.38. The summed E-state index contributed by atoms with van der Waals surface area (Å²) in [7, 11) is 0. The highest BCUT2D eigenvalue weighted by atomic mass is 79.9. The zero-order valence-corrected chi connectivity index (χ0v) is 14.0. The van der Waals surface area contributed by atoms with Crippen LogP contribution in [0.2, 0.25) is 0 Å². The molecule has 3 rings (SSSR count). The first kappa shape index (κ1) is 14.7. The van der Waals surface area contributed by atoms with Crippen LogP contribution in [0.4, 0.5) is 0 Å². The Hall–Kier alpha value is -1.27. The Labute approximate surface area is 136 Å². The third-order valence-corrected chi connectivity index (χ3v) is 4.90. The van der Waals surface area contributed by atoms with E-state index in [2.05, 4.69) is 57.5 Å². The SMILES string of the molecule is Cc1cc(Br)cc(C(Cc2nc3ccccc3s2)NN)c1. The van der Waals surface area contributed by atoms with Gasteiger partial charge in [-0.1, -0.05) is 34.1 Å². The van der Waals surface area contributed by atoms with Crippen molar-refractivity contribution >= 4 is 37.5 Å². The number of fused-ring (bicyclic) bond motifs is 1. The van der Waals surface area contributed by atoms with Gasteiger partial charge in [-0.3, -0.25) is 11.3 Å². The van der Waals surface area contributed by atoms with Crippen molar-refractivity contribution in [2.24, 2.45) is 5.84 Å². The number of aromatic nitrogens is 1. The summed E-state index contributed by atoms with van der Waals surface area (Å²) in [5.41, 5.74) is 6.35. The molecule has 3 nitrogen and oxygen atoms in total. The van der Waals surface area contributed by atoms with Crippen molar-refractivity contribution in [3.8, 4) is 0 Å². The highest BCUT2D eigenvalue weighted by molar-refractivity contribution is 9.10. The van der Waals surface area contributed by atoms with E-state index in [1.165, 1.54) is 15.8 Å². The molecule has 0 saturated carbocycles. The van der Waals surface area contributed by atoms with Crippen molar-refractivity contribution in [3.05, 3.63) is 63.1 Å². The van der Waals surface area contributed by atoms with Gasteiger partial charge in [-0.2, -0.15) is 0 Å². The van der Waals surface area contributed by atoms with Gasteiger partial charge in [0.05, 0.1) is 21.3 Å². The molecule has 1 unspecified atom stereocenters. The minimum Gasteiger partial charge on any atom is -0.271 e. The van der Waals surface area contributed by atoms with E-state index < -0.39 is 0 Å². The van der Waals surface area contributed by atoms with Crippen LogP contribution in [0.15, 0.2) is 46.9 Å². The summed E-state index contributed by atoms with van der Waals surface area (Å²) in [5, 5.41) is 1.09. The summed E-state index contributed by atoms with van der Waals surface area (Å²) in [5.74, 6) is 5.76. The van der Waals surface area contributed by atoms with Gasteiger partial charge in [0.15, 0.2) is 0 Å². The average molecular weight is 362 g/mol. The smallest absolute Gasteiger partial charge is 0.0958 e. The number of nitrogens with zero attached hydrogens (tertiary/aromatic N) is 1. The van der Waals surface area contributed by atoms with Crippen LogP contribution in [0.5, 0.6) is 0 Å². The standard InChI is InChI=1S/C16H16BrN3S/c1-10-6-11(8-12(17)7-10)14(20-18)9-16-19-13-4-2-3-5-15(13)21-16/h2-8,14,20H,9,18H2,1H3. The maximum Gasteiger partial charge on any atom is 0.0958 e. The fourth-order valence-corrected chi connectivity index (χ4v) is 4.06. The maximum atomic E-state index is 5.76. The number of nitrogens with two attached hydrogens (primary N) is 1. The largest absolute Gasteiger partial charge is 0.271 e. The highest BCUT2D eigenvalue weighted by Gasteiger charge is 2.14. The minimum absolute atomic E-state index is 0.0572. The quantitative estimate of drug-likeness (QED) is 0.542. The van der Waals surface area contributed by atoms with Crippen molar-refractivity contribution in [3.63, 3.8) is 0 Å². The normalized spacial score (nSPS) is 12.7. The molecule has 0 spiro atoms. The lowest BCUT2D eigenvalue weighted by atomic mass is 10.0. The van der Waals surface area contributed by atoms with Crippen LogP contribution in [-0.2, 0) is 6.42 Å². The van der Waals surface area contributed by atoms with Crippen molar-refractivity contribution in [2.45, 2.75) is 19.4 Å². The second-order valence-electron chi connectivity index (χ2n) is 5.06. The number of rotatable bonds is 4. The van der Waals surface area contributed by atoms with E-state index in [1.807, 2.05) is 18.2 Å². The summed E-state index contributed by atoms with van der Waals surface area (Å²) in [4.78, 5) is 4.68. The van der Waals surface area contributed by atoms with Gasteiger partial charge in [0.2, 0.25) is 0 Å². The molecule has 2 aromatic carbocycles. The van der Waals surface area contributed by atoms with Crippen molar-refractivity contribution < 1.29 is 0 Å². The summed E-state index contributed by atoms with van der Waals surface area (Å²) >= 11 is 5.27. The average Bonchev–Trinajstić information content (AvgIpc) is 2.86. The molecule has 1 heterocycles. The molecule has 21 heavy (non-hydrogen) atoms. The molecule has 0 aliphatic heterocycles. The van der Waals surface area contributed by atoms with Gasteiger partial charge in [0.25, 0.3) is 0 Å². The van der Waals surface area contributed by atoms with E-state index in [-0.39, 0.29) is 6.04 Å². The number of thiazole rings is 1. The topological polar surface area (TPSA) is 50.9 Å². The molecular weight excluding hydrogens is 346 g/mol. The molecule has 0 saturated heterocycles. The fraction of sp³-hybridized carbons (Fsp3) is 0.188. The molecule has 108 valence electrons. The molecule has 0 radical (unpaired) electrons. The van der Waals surface area contributed by atoms with Crippen molar-refractivity contribution in [1.29, 1.82) is 0 Å². The molecule has 1 atom stereocenters. The molecule has 0 aliphatic carbocycles. The van der Waals surface area contributed by atoms with Gasteiger partial charge in [-0.25, -0.2) is 4.98 Å². The first-order chi connectivity index (χ1) is 10.2. The summed E-state index contributed by atoms with van der Waals surface area (Å²) in [6.45, 7) is 2.08. The monoisotopic (exact) mass is 361 g/mol. The maximum absolute atomic E-state index is 5.76. The predicted molar refractivity (Wildman–Crippen MR) is 92.3 cm³/mol. The van der Waals surface area contributed by atoms with Gasteiger partial charge in [-0.05, 0) is 42.3 Å². The van der Waals surface area contributed by atoms with E-state index in [1.54, 1.807) is 11.3 Å². The zero-order chi connectivity index (χ0) is 14.8. The zero-order valence-electron chi connectivity index (χ0n) is 11.6. The number of hydrogen-bond acceptors (Lipinski definition) is 4. The molecule has 5 heteroatoms. The van der Waals surface area contributed by atoms with Crippen molar-refractivity contribution in [2.75, 3.05) is 0 Å². The number of hydrazine groups is 1. The molecule has 0 aliphatic rings. The first-order valence-electron chi connectivity index (χ1n) is 6.73. The van der Waals surface area contributed by atoms with Crippen LogP contribution in [-0.4, -0.2) is 4.98 Å². The number of benzene rings is 2. The number of para-hydroxylation sites is 1. The van der Waals surface area contributed by atoms with E-state index in [9.17, 15) is 0 Å². The number of aryl methyl sites for hydroxylation is 1. The summed E-state index contributed by atoms with van der Waals surface area (Å²) in [6, 6.07) is 14.6. The van der Waals surface area contributed by atoms with Crippen LogP contribution in [0, 0.1) is 6.92 Å². The molecule has 0 amide bonds. The van der Waals surface area contributed by atoms with Crippen molar-refractivity contribution in [1.82, 2.24) is 10.4 Å². The van der Waals surface area contributed by atoms with Crippen LogP contribution < -0.4 is 11.3 Å². The Bertz CT molecular complexity index is 716. The van der Waals surface area contributed by atoms with Crippen LogP contribution in [0.25, 0.3) is 10.2 Å². The van der Waals surface area contributed by atoms with E-state index in [0.29, 0.717) is 0 Å². The number of nitrogens with one attached hydrogen (secondary N) is 1. The van der Waals surface area contributed by atoms with E-state index in [4.69, 9.17) is 5.84 Å². The summed E-state index contributed by atoms with van der Waals surface area (Å²) < 4.78 is 2.29. The Morgan fingerprint density at radius 2 is 2.10 bits per heavy atom. The molecular formula is C16H16BrN3S. The van der Waals surface area contributed by atoms with E-state index >= 15 is 0 Å². The van der Waals surface area contributed by atoms with Gasteiger partial charge in [-0.15, -0.1) is 11.3 Å². The van der Waals surface area contributed by atoms with Gasteiger partial charge in [0.1, 0.15) is 0 Å². The summed E-state index contributed by atoms with van der Waals surface area (Å²) in [6.07, 6.45) is 0.783. The molecule has 1 aromatic heterocycles. The van der Waals surface area contributed by atoms with E-state index in [0.717, 1.165) is 21.4 Å². The first-order valence-corrected chi connectivity index (χ1v) is 8.34. The Morgan fingerprint density at radius 1 is 1.29 bits per heavy atom. The lowest BCUT2D eigenvalue weighted by molar-refractivity contribution is 0.550. The molecule has 3 aromatic rings. The predicted octanol–water partition coefficient (Wildman–Crippen LogP) is 4.11. The Morgan fingerprint density at radius 3 is 2.81 bits per heavy atom. The fourth-order valence-electron chi connectivity index (χ4n) is 2.42. The Kier molecular flexibility index (Phi) is 4.35. The third kappa shape index (κ3) is 3.32. The van der Waals surface area contributed by atoms with Gasteiger partial charge in [0, 0.05) is 10.9 Å². The lowest BCUT2D eigenvalue weighted by Gasteiger charge is -2.16. The molecule has 0 bridgehead atoms. The molecule has 3 N–H and O–H groups in total. The number of halogens is 1. The van der Waals surface area contributed by atoms with Crippen LogP contribution in [0.3, 0.4) is 0 Å². The second-order valence-corrected chi connectivity index (χ2v) is 7.09. The second kappa shape index (κ2) is 6.23. The number of hydrogen-bond donors (Lipinski definition) is 2. The molecule has 0 fully saturated rings. The van der Waals surface area contributed by atoms with Crippen LogP contribution >= 0.6 is 27.3 Å².